The molecule has 0 radical (unpaired) electrons. The number of hydrogen-bond donors (Lipinski definition) is 12. The fourth-order valence-electron chi connectivity index (χ4n) is 13.2. The maximum atomic E-state index is 13.5. The lowest BCUT2D eigenvalue weighted by Crippen LogP contribution is -2.66. The summed E-state index contributed by atoms with van der Waals surface area (Å²) in [5.41, 5.74) is 0. The SMILES string of the molecule is CC/C=C\C/C=C\C/C=C\C/C=C\C/C=C\C/C=C\CCCCCCCCCCCCCCC(=O)NC(COC1OC(CO)C(OC2OC(CO)C(OC3OC(CO)C(O)C(O)C3O)C(O)C2O)C(O)C1O)C(O)CCCCCCCCCCCCCCCCCCCCCCCCC. The van der Waals surface area contributed by atoms with Gasteiger partial charge in [-0.05, 0) is 64.2 Å². The number of nitrogens with one attached hydrogen (secondary N) is 1. The molecule has 0 aromatic carbocycles. The first kappa shape index (κ1) is 90.4. The number of ether oxygens (including phenoxy) is 6. The molecule has 0 spiro atoms. The van der Waals surface area contributed by atoms with E-state index in [1.165, 1.54) is 173 Å². The average molecular weight is 1410 g/mol. The molecule has 576 valence electrons. The standard InChI is InChI=1S/C80H143NO18/c1-3-5-7-9-11-13-15-17-19-21-23-25-27-28-29-30-31-32-33-34-36-38-40-42-44-46-48-50-52-54-56-58-68(86)81-63(64(85)57-55-53-51-49-47-45-43-41-39-37-35-26-24-22-20-18-16-14-12-10-8-6-4-2)62-94-78-74(92)71(89)76(66(60-83)96-78)99-80-75(93)72(90)77(67(61-84)97-80)98-79-73(91)70(88)69(87)65(59-82)95-79/h5,7,11,13,17,19,23,25,28-29,31-32,63-67,69-80,82-85,87-93H,3-4,6,8-10,12,14-16,18,20-22,24,26-27,30,33-62H2,1-2H3,(H,81,86)/b7-5-,13-11-,19-17-,25-23-,29-28-,32-31-. The third-order valence-corrected chi connectivity index (χ3v) is 19.5. The van der Waals surface area contributed by atoms with E-state index in [4.69, 9.17) is 28.4 Å². The van der Waals surface area contributed by atoms with E-state index in [-0.39, 0.29) is 18.9 Å². The molecule has 17 unspecified atom stereocenters. The van der Waals surface area contributed by atoms with Crippen molar-refractivity contribution < 1.29 is 89.4 Å². The number of allylic oxidation sites excluding steroid dienone is 12. The molecule has 0 saturated carbocycles. The predicted molar refractivity (Wildman–Crippen MR) is 392 cm³/mol. The molecule has 99 heavy (non-hydrogen) atoms. The van der Waals surface area contributed by atoms with Crippen LogP contribution in [0.25, 0.3) is 0 Å². The molecule has 0 aromatic heterocycles. The number of aliphatic hydroxyl groups is 11. The topological polar surface area (TPSA) is 307 Å². The fraction of sp³-hybridized carbons (Fsp3) is 0.838. The van der Waals surface area contributed by atoms with Gasteiger partial charge in [0.2, 0.25) is 5.91 Å². The fourth-order valence-corrected chi connectivity index (χ4v) is 13.2. The summed E-state index contributed by atoms with van der Waals surface area (Å²) in [6.45, 7) is 1.72. The maximum Gasteiger partial charge on any atom is 0.220 e. The minimum absolute atomic E-state index is 0.244. The van der Waals surface area contributed by atoms with E-state index in [9.17, 15) is 61.0 Å². The van der Waals surface area contributed by atoms with Crippen molar-refractivity contribution in [3.05, 3.63) is 72.9 Å². The lowest BCUT2D eigenvalue weighted by atomic mass is 9.96. The van der Waals surface area contributed by atoms with Crippen molar-refractivity contribution >= 4 is 5.91 Å². The predicted octanol–water partition coefficient (Wildman–Crippen LogP) is 12.8. The van der Waals surface area contributed by atoms with Crippen LogP contribution in [0.2, 0.25) is 0 Å². The van der Waals surface area contributed by atoms with Gasteiger partial charge in [0.25, 0.3) is 0 Å². The third-order valence-electron chi connectivity index (χ3n) is 19.5. The second kappa shape index (κ2) is 60.5. The van der Waals surface area contributed by atoms with Gasteiger partial charge < -0.3 is 89.9 Å². The van der Waals surface area contributed by atoms with Crippen molar-refractivity contribution in [2.45, 2.75) is 401 Å². The van der Waals surface area contributed by atoms with Gasteiger partial charge in [-0.25, -0.2) is 0 Å². The van der Waals surface area contributed by atoms with Crippen molar-refractivity contribution in [3.63, 3.8) is 0 Å². The normalized spacial score (nSPS) is 27.0. The van der Waals surface area contributed by atoms with E-state index in [0.717, 1.165) is 89.9 Å². The van der Waals surface area contributed by atoms with Gasteiger partial charge in [-0.1, -0.05) is 299 Å². The Balaban J connectivity index is 1.37. The highest BCUT2D eigenvalue weighted by molar-refractivity contribution is 5.76. The lowest BCUT2D eigenvalue weighted by molar-refractivity contribution is -0.379. The van der Waals surface area contributed by atoms with Crippen LogP contribution in [-0.2, 0) is 33.2 Å². The number of rotatable bonds is 62. The molecule has 3 rings (SSSR count). The van der Waals surface area contributed by atoms with Crippen LogP contribution in [-0.4, -0.2) is 193 Å². The smallest absolute Gasteiger partial charge is 0.220 e. The molecule has 17 atom stereocenters. The summed E-state index contributed by atoms with van der Waals surface area (Å²) in [6, 6.07) is -0.893. The van der Waals surface area contributed by atoms with Crippen LogP contribution in [0.1, 0.15) is 296 Å². The number of amides is 1. The van der Waals surface area contributed by atoms with E-state index in [2.05, 4.69) is 92.1 Å². The number of carbonyl (C=O) groups is 1. The molecular weight excluding hydrogens is 1260 g/mol. The van der Waals surface area contributed by atoms with Gasteiger partial charge in [0.15, 0.2) is 18.9 Å². The van der Waals surface area contributed by atoms with Crippen LogP contribution in [0, 0.1) is 0 Å². The average Bonchev–Trinajstić information content (AvgIpc) is 0.577. The highest BCUT2D eigenvalue weighted by Gasteiger charge is 2.54. The Labute approximate surface area is 598 Å². The highest BCUT2D eigenvalue weighted by atomic mass is 16.8. The summed E-state index contributed by atoms with van der Waals surface area (Å²) < 4.78 is 34.5. The van der Waals surface area contributed by atoms with Gasteiger partial charge in [0.05, 0.1) is 38.6 Å². The minimum Gasteiger partial charge on any atom is -0.394 e. The molecular formula is C80H143NO18. The van der Waals surface area contributed by atoms with Crippen molar-refractivity contribution in [2.75, 3.05) is 26.4 Å². The second-order valence-corrected chi connectivity index (χ2v) is 28.2. The number of carbonyl (C=O) groups excluding carboxylic acids is 1. The Morgan fingerprint density at radius 1 is 0.374 bits per heavy atom. The van der Waals surface area contributed by atoms with Crippen molar-refractivity contribution in [3.8, 4) is 0 Å². The Hall–Kier alpha value is -2.77. The quantitative estimate of drug-likeness (QED) is 0.0199. The summed E-state index contributed by atoms with van der Waals surface area (Å²) in [5.74, 6) is -0.244. The van der Waals surface area contributed by atoms with E-state index >= 15 is 0 Å². The van der Waals surface area contributed by atoms with E-state index in [1.54, 1.807) is 0 Å². The molecule has 3 saturated heterocycles. The molecule has 12 N–H and O–H groups in total. The Morgan fingerprint density at radius 3 is 1.09 bits per heavy atom. The number of hydrogen-bond acceptors (Lipinski definition) is 18. The first-order chi connectivity index (χ1) is 48.3. The largest absolute Gasteiger partial charge is 0.394 e. The molecule has 0 bridgehead atoms. The second-order valence-electron chi connectivity index (χ2n) is 28.2. The lowest BCUT2D eigenvalue weighted by Gasteiger charge is -2.48. The molecule has 0 aliphatic carbocycles. The molecule has 0 aromatic rings. The van der Waals surface area contributed by atoms with Crippen LogP contribution < -0.4 is 5.32 Å². The van der Waals surface area contributed by atoms with Gasteiger partial charge in [0.1, 0.15) is 73.2 Å². The first-order valence-corrected chi connectivity index (χ1v) is 39.7. The highest BCUT2D eigenvalue weighted by Crippen LogP contribution is 2.33. The molecule has 3 heterocycles. The van der Waals surface area contributed by atoms with Crippen LogP contribution in [0.15, 0.2) is 72.9 Å². The van der Waals surface area contributed by atoms with Crippen molar-refractivity contribution in [1.29, 1.82) is 0 Å². The summed E-state index contributed by atoms with van der Waals surface area (Å²) in [7, 11) is 0. The Bertz CT molecular complexity index is 2070. The summed E-state index contributed by atoms with van der Waals surface area (Å²) in [5, 5.41) is 121. The van der Waals surface area contributed by atoms with Gasteiger partial charge in [-0.2, -0.15) is 0 Å². The number of aliphatic hydroxyl groups excluding tert-OH is 11. The zero-order valence-corrected chi connectivity index (χ0v) is 61.5. The summed E-state index contributed by atoms with van der Waals surface area (Å²) >= 11 is 0. The molecule has 1 amide bonds. The molecule has 19 nitrogen and oxygen atoms in total. The first-order valence-electron chi connectivity index (χ1n) is 39.7. The molecule has 3 aliphatic heterocycles. The minimum atomic E-state index is -1.98. The van der Waals surface area contributed by atoms with E-state index in [0.29, 0.717) is 12.8 Å². The third kappa shape index (κ3) is 40.9. The van der Waals surface area contributed by atoms with Gasteiger partial charge in [-0.3, -0.25) is 4.79 Å². The van der Waals surface area contributed by atoms with Gasteiger partial charge >= 0.3 is 0 Å². The van der Waals surface area contributed by atoms with Crippen molar-refractivity contribution in [1.82, 2.24) is 5.32 Å². The van der Waals surface area contributed by atoms with E-state index in [1.807, 2.05) is 0 Å². The zero-order valence-electron chi connectivity index (χ0n) is 61.5. The van der Waals surface area contributed by atoms with Crippen LogP contribution in [0.4, 0.5) is 0 Å². The van der Waals surface area contributed by atoms with Crippen LogP contribution >= 0.6 is 0 Å². The molecule has 3 aliphatic rings. The summed E-state index contributed by atoms with van der Waals surface area (Å²) in [6.07, 6.45) is 51.2. The van der Waals surface area contributed by atoms with Crippen molar-refractivity contribution in [2.24, 2.45) is 0 Å². The monoisotopic (exact) mass is 1410 g/mol. The Morgan fingerprint density at radius 2 is 0.697 bits per heavy atom. The molecule has 19 heteroatoms. The summed E-state index contributed by atoms with van der Waals surface area (Å²) in [4.78, 5) is 13.5. The van der Waals surface area contributed by atoms with Gasteiger partial charge in [-0.15, -0.1) is 0 Å². The van der Waals surface area contributed by atoms with Gasteiger partial charge in [0, 0.05) is 6.42 Å². The number of unbranched alkanes of at least 4 members (excludes halogenated alkanes) is 34. The van der Waals surface area contributed by atoms with E-state index < -0.39 is 124 Å². The zero-order chi connectivity index (χ0) is 71.8. The van der Waals surface area contributed by atoms with Crippen LogP contribution in [0.5, 0.6) is 0 Å². The maximum absolute atomic E-state index is 13.5. The Kier molecular flexibility index (Phi) is 55.3. The molecule has 3 fully saturated rings. The van der Waals surface area contributed by atoms with Crippen LogP contribution in [0.3, 0.4) is 0 Å².